The molecule has 1 heterocycles. The van der Waals surface area contributed by atoms with Crippen LogP contribution in [-0.4, -0.2) is 20.9 Å². The Kier molecular flexibility index (Phi) is 2.95. The summed E-state index contributed by atoms with van der Waals surface area (Å²) >= 11 is 0. The molecule has 2 rings (SSSR count). The van der Waals surface area contributed by atoms with Gasteiger partial charge in [0.05, 0.1) is 11.3 Å². The topological polar surface area (TPSA) is 55.1 Å². The molecule has 4 heteroatoms. The molecule has 1 aromatic heterocycles. The molecule has 0 amide bonds. The molecule has 0 aliphatic heterocycles. The van der Waals surface area contributed by atoms with Crippen molar-refractivity contribution in [3.05, 3.63) is 41.7 Å². The van der Waals surface area contributed by atoms with Crippen LogP contribution in [0, 0.1) is 6.92 Å². The fourth-order valence-corrected chi connectivity index (χ4v) is 1.85. The van der Waals surface area contributed by atoms with Crippen molar-refractivity contribution in [2.24, 2.45) is 0 Å². The summed E-state index contributed by atoms with van der Waals surface area (Å²) in [6.45, 7) is 4.66. The fourth-order valence-electron chi connectivity index (χ4n) is 1.85. The van der Waals surface area contributed by atoms with E-state index in [1.165, 1.54) is 0 Å². The van der Waals surface area contributed by atoms with E-state index >= 15 is 0 Å². The van der Waals surface area contributed by atoms with Crippen molar-refractivity contribution in [1.29, 1.82) is 0 Å². The van der Waals surface area contributed by atoms with Crippen molar-refractivity contribution in [3.63, 3.8) is 0 Å². The minimum Gasteiger partial charge on any atom is -0.478 e. The lowest BCUT2D eigenvalue weighted by Crippen LogP contribution is -1.99. The maximum absolute atomic E-state index is 11.2. The van der Waals surface area contributed by atoms with Gasteiger partial charge in [0.1, 0.15) is 0 Å². The van der Waals surface area contributed by atoms with E-state index in [0.29, 0.717) is 5.56 Å². The molecule has 0 aliphatic rings. The Morgan fingerprint density at radius 2 is 2.06 bits per heavy atom. The van der Waals surface area contributed by atoms with E-state index < -0.39 is 5.97 Å². The quantitative estimate of drug-likeness (QED) is 0.881. The fraction of sp³-hybridized carbons (Fsp3) is 0.231. The van der Waals surface area contributed by atoms with Gasteiger partial charge in [-0.2, -0.15) is 5.10 Å². The molecule has 0 spiro atoms. The average molecular weight is 230 g/mol. The molecule has 1 aromatic carbocycles. The van der Waals surface area contributed by atoms with Crippen LogP contribution in [-0.2, 0) is 6.54 Å². The summed E-state index contributed by atoms with van der Waals surface area (Å²) in [6, 6.07) is 6.99. The Hall–Kier alpha value is -2.10. The summed E-state index contributed by atoms with van der Waals surface area (Å²) in [4.78, 5) is 11.2. The summed E-state index contributed by atoms with van der Waals surface area (Å²) in [6.07, 6.45) is 1.89. The second-order valence-electron chi connectivity index (χ2n) is 3.83. The second kappa shape index (κ2) is 4.41. The summed E-state index contributed by atoms with van der Waals surface area (Å²) in [5, 5.41) is 13.5. The molecular formula is C13H14N2O2. The van der Waals surface area contributed by atoms with E-state index in [1.54, 1.807) is 12.1 Å². The van der Waals surface area contributed by atoms with Crippen molar-refractivity contribution in [2.75, 3.05) is 0 Å². The van der Waals surface area contributed by atoms with Gasteiger partial charge in [-0.05, 0) is 25.5 Å². The highest BCUT2D eigenvalue weighted by Gasteiger charge is 2.14. The standard InChI is InChI=1S/C13H14N2O2/c1-3-15-8-12(9(2)14-15)10-6-4-5-7-11(10)13(16)17/h4-8H,3H2,1-2H3,(H,16,17). The molecule has 0 atom stereocenters. The zero-order valence-corrected chi connectivity index (χ0v) is 9.84. The Bertz CT molecular complexity index is 558. The maximum atomic E-state index is 11.2. The monoisotopic (exact) mass is 230 g/mol. The Morgan fingerprint density at radius 3 is 2.65 bits per heavy atom. The number of carbonyl (C=O) groups is 1. The Balaban J connectivity index is 2.59. The minimum absolute atomic E-state index is 0.311. The van der Waals surface area contributed by atoms with Gasteiger partial charge >= 0.3 is 5.97 Å². The van der Waals surface area contributed by atoms with E-state index in [2.05, 4.69) is 5.10 Å². The molecule has 0 aliphatic carbocycles. The average Bonchev–Trinajstić information content (AvgIpc) is 2.70. The van der Waals surface area contributed by atoms with Gasteiger partial charge in [0.15, 0.2) is 0 Å². The molecular weight excluding hydrogens is 216 g/mol. The van der Waals surface area contributed by atoms with E-state index in [0.717, 1.165) is 23.4 Å². The van der Waals surface area contributed by atoms with E-state index in [-0.39, 0.29) is 0 Å². The van der Waals surface area contributed by atoms with Gasteiger partial charge in [0.2, 0.25) is 0 Å². The zero-order valence-electron chi connectivity index (χ0n) is 9.84. The van der Waals surface area contributed by atoms with Crippen LogP contribution in [0.4, 0.5) is 0 Å². The number of hydrogen-bond acceptors (Lipinski definition) is 2. The highest BCUT2D eigenvalue weighted by atomic mass is 16.4. The van der Waals surface area contributed by atoms with E-state index in [1.807, 2.05) is 36.9 Å². The number of benzene rings is 1. The maximum Gasteiger partial charge on any atom is 0.336 e. The first-order chi connectivity index (χ1) is 8.13. The van der Waals surface area contributed by atoms with Gasteiger partial charge in [0, 0.05) is 18.3 Å². The molecule has 17 heavy (non-hydrogen) atoms. The van der Waals surface area contributed by atoms with Crippen LogP contribution in [0.5, 0.6) is 0 Å². The number of carboxylic acids is 1. The molecule has 0 saturated heterocycles. The second-order valence-corrected chi connectivity index (χ2v) is 3.83. The lowest BCUT2D eigenvalue weighted by Gasteiger charge is -2.03. The van der Waals surface area contributed by atoms with Crippen molar-refractivity contribution >= 4 is 5.97 Å². The molecule has 0 saturated carbocycles. The first-order valence-electron chi connectivity index (χ1n) is 5.50. The normalized spacial score (nSPS) is 10.5. The van der Waals surface area contributed by atoms with Gasteiger partial charge < -0.3 is 5.11 Å². The van der Waals surface area contributed by atoms with Gasteiger partial charge in [-0.3, -0.25) is 4.68 Å². The van der Waals surface area contributed by atoms with Crippen LogP contribution in [0.2, 0.25) is 0 Å². The summed E-state index contributed by atoms with van der Waals surface area (Å²) in [5.41, 5.74) is 2.76. The van der Waals surface area contributed by atoms with E-state index in [4.69, 9.17) is 5.11 Å². The number of aryl methyl sites for hydroxylation is 2. The molecule has 0 unspecified atom stereocenters. The minimum atomic E-state index is -0.913. The van der Waals surface area contributed by atoms with Crippen LogP contribution >= 0.6 is 0 Å². The van der Waals surface area contributed by atoms with Crippen molar-refractivity contribution in [3.8, 4) is 11.1 Å². The first-order valence-corrected chi connectivity index (χ1v) is 5.50. The molecule has 1 N–H and O–H groups in total. The predicted molar refractivity (Wildman–Crippen MR) is 65.0 cm³/mol. The third kappa shape index (κ3) is 2.06. The number of aromatic nitrogens is 2. The van der Waals surface area contributed by atoms with Crippen LogP contribution in [0.15, 0.2) is 30.5 Å². The van der Waals surface area contributed by atoms with Crippen LogP contribution in [0.3, 0.4) is 0 Å². The first kappa shape index (κ1) is 11.4. The molecule has 88 valence electrons. The third-order valence-electron chi connectivity index (χ3n) is 2.72. The zero-order chi connectivity index (χ0) is 12.4. The smallest absolute Gasteiger partial charge is 0.336 e. The Labute approximate surface area is 99.5 Å². The lowest BCUT2D eigenvalue weighted by atomic mass is 10.0. The van der Waals surface area contributed by atoms with E-state index in [9.17, 15) is 4.79 Å². The number of aromatic carboxylic acids is 1. The molecule has 0 radical (unpaired) electrons. The highest BCUT2D eigenvalue weighted by Crippen LogP contribution is 2.26. The Morgan fingerprint density at radius 1 is 1.35 bits per heavy atom. The number of hydrogen-bond donors (Lipinski definition) is 1. The van der Waals surface area contributed by atoms with Crippen LogP contribution in [0.25, 0.3) is 11.1 Å². The van der Waals surface area contributed by atoms with Crippen LogP contribution in [0.1, 0.15) is 23.0 Å². The van der Waals surface area contributed by atoms with Crippen LogP contribution < -0.4 is 0 Å². The van der Waals surface area contributed by atoms with Gasteiger partial charge in [0.25, 0.3) is 0 Å². The number of rotatable bonds is 3. The SMILES string of the molecule is CCn1cc(-c2ccccc2C(=O)O)c(C)n1. The molecule has 4 nitrogen and oxygen atoms in total. The summed E-state index contributed by atoms with van der Waals surface area (Å²) in [7, 11) is 0. The van der Waals surface area contributed by atoms with Gasteiger partial charge in [-0.1, -0.05) is 18.2 Å². The largest absolute Gasteiger partial charge is 0.478 e. The van der Waals surface area contributed by atoms with Crippen molar-refractivity contribution in [2.45, 2.75) is 20.4 Å². The predicted octanol–water partition coefficient (Wildman–Crippen LogP) is 2.58. The molecule has 0 bridgehead atoms. The number of carboxylic acid groups (broad SMARTS) is 1. The van der Waals surface area contributed by atoms with Gasteiger partial charge in [-0.15, -0.1) is 0 Å². The number of nitrogens with zero attached hydrogens (tertiary/aromatic N) is 2. The summed E-state index contributed by atoms with van der Waals surface area (Å²) in [5.74, 6) is -0.913. The summed E-state index contributed by atoms with van der Waals surface area (Å²) < 4.78 is 1.81. The molecule has 2 aromatic rings. The van der Waals surface area contributed by atoms with Crippen molar-refractivity contribution in [1.82, 2.24) is 9.78 Å². The van der Waals surface area contributed by atoms with Crippen molar-refractivity contribution < 1.29 is 9.90 Å². The highest BCUT2D eigenvalue weighted by molar-refractivity contribution is 5.96. The van der Waals surface area contributed by atoms with Gasteiger partial charge in [-0.25, -0.2) is 4.79 Å². The molecule has 0 fully saturated rings. The lowest BCUT2D eigenvalue weighted by molar-refractivity contribution is 0.0698. The third-order valence-corrected chi connectivity index (χ3v) is 2.72.